The maximum atomic E-state index is 13.0. The van der Waals surface area contributed by atoms with Crippen LogP contribution in [0.5, 0.6) is 0 Å². The molecule has 4 rings (SSSR count). The predicted octanol–water partition coefficient (Wildman–Crippen LogP) is 3.06. The minimum absolute atomic E-state index is 0.201. The lowest BCUT2D eigenvalue weighted by atomic mass is 9.78. The molecule has 1 amide bonds. The number of piperidine rings is 1. The van der Waals surface area contributed by atoms with E-state index in [1.54, 1.807) is 0 Å². The summed E-state index contributed by atoms with van der Waals surface area (Å²) in [6, 6.07) is 14.2. The maximum absolute atomic E-state index is 13.0. The van der Waals surface area contributed by atoms with Crippen LogP contribution < -0.4 is 5.32 Å². The molecule has 2 aliphatic rings. The molecule has 2 aromatic carbocycles. The van der Waals surface area contributed by atoms with Crippen molar-refractivity contribution >= 4 is 16.7 Å². The third-order valence-electron chi connectivity index (χ3n) is 5.41. The molecular formula is C19H22N2O. The Balaban J connectivity index is 1.62. The number of amides is 1. The summed E-state index contributed by atoms with van der Waals surface area (Å²) in [6.07, 6.45) is 3.56. The molecule has 0 aliphatic carbocycles. The number of hydrogen-bond donors (Lipinski definition) is 1. The van der Waals surface area contributed by atoms with Crippen molar-refractivity contribution < 1.29 is 4.79 Å². The van der Waals surface area contributed by atoms with Crippen molar-refractivity contribution in [3.63, 3.8) is 0 Å². The molecule has 1 spiro atoms. The Bertz CT molecular complexity index is 698. The first-order valence-corrected chi connectivity index (χ1v) is 8.25. The van der Waals surface area contributed by atoms with Gasteiger partial charge in [0.1, 0.15) is 0 Å². The van der Waals surface area contributed by atoms with Crippen molar-refractivity contribution in [2.75, 3.05) is 26.2 Å². The van der Waals surface area contributed by atoms with Gasteiger partial charge in [-0.15, -0.1) is 0 Å². The zero-order valence-corrected chi connectivity index (χ0v) is 12.8. The molecule has 0 radical (unpaired) electrons. The molecule has 0 unspecified atom stereocenters. The molecule has 3 heteroatoms. The molecular weight excluding hydrogens is 272 g/mol. The summed E-state index contributed by atoms with van der Waals surface area (Å²) in [5, 5.41) is 5.65. The molecule has 1 N–H and O–H groups in total. The number of benzene rings is 2. The predicted molar refractivity (Wildman–Crippen MR) is 89.0 cm³/mol. The first-order chi connectivity index (χ1) is 10.8. The van der Waals surface area contributed by atoms with Crippen LogP contribution in [0.4, 0.5) is 0 Å². The monoisotopic (exact) mass is 294 g/mol. The van der Waals surface area contributed by atoms with E-state index < -0.39 is 0 Å². The van der Waals surface area contributed by atoms with Crippen LogP contribution in [-0.2, 0) is 0 Å². The molecule has 2 heterocycles. The topological polar surface area (TPSA) is 32.3 Å². The third-order valence-corrected chi connectivity index (χ3v) is 5.41. The van der Waals surface area contributed by atoms with E-state index in [0.29, 0.717) is 5.41 Å². The highest BCUT2D eigenvalue weighted by atomic mass is 16.2. The molecule has 22 heavy (non-hydrogen) atoms. The van der Waals surface area contributed by atoms with E-state index in [1.165, 1.54) is 12.8 Å². The summed E-state index contributed by atoms with van der Waals surface area (Å²) < 4.78 is 0. The smallest absolute Gasteiger partial charge is 0.254 e. The summed E-state index contributed by atoms with van der Waals surface area (Å²) >= 11 is 0. The van der Waals surface area contributed by atoms with Gasteiger partial charge in [-0.1, -0.05) is 36.4 Å². The highest BCUT2D eigenvalue weighted by Gasteiger charge is 2.40. The molecule has 0 atom stereocenters. The number of fused-ring (bicyclic) bond motifs is 1. The Hall–Kier alpha value is -1.87. The molecule has 2 aromatic rings. The third kappa shape index (κ3) is 2.30. The number of likely N-dealkylation sites (tertiary alicyclic amines) is 1. The van der Waals surface area contributed by atoms with Crippen LogP contribution in [-0.4, -0.2) is 37.0 Å². The van der Waals surface area contributed by atoms with Gasteiger partial charge < -0.3 is 10.2 Å². The van der Waals surface area contributed by atoms with Gasteiger partial charge in [0.15, 0.2) is 0 Å². The minimum atomic E-state index is 0.201. The van der Waals surface area contributed by atoms with Gasteiger partial charge in [0.25, 0.3) is 5.91 Å². The second-order valence-electron chi connectivity index (χ2n) is 6.75. The van der Waals surface area contributed by atoms with Gasteiger partial charge in [-0.05, 0) is 54.6 Å². The van der Waals surface area contributed by atoms with Crippen LogP contribution in [0.1, 0.15) is 29.6 Å². The molecule has 3 nitrogen and oxygen atoms in total. The van der Waals surface area contributed by atoms with E-state index in [2.05, 4.69) is 28.4 Å². The van der Waals surface area contributed by atoms with E-state index >= 15 is 0 Å². The summed E-state index contributed by atoms with van der Waals surface area (Å²) in [4.78, 5) is 15.1. The SMILES string of the molecule is O=C(c1cccc2ccccc12)N1CCC2(CCNCC2)C1. The average Bonchev–Trinajstić information content (AvgIpc) is 2.98. The fourth-order valence-electron chi connectivity index (χ4n) is 4.06. The van der Waals surface area contributed by atoms with Crippen LogP contribution in [0.3, 0.4) is 0 Å². The van der Waals surface area contributed by atoms with Crippen LogP contribution in [0, 0.1) is 5.41 Å². The van der Waals surface area contributed by atoms with Gasteiger partial charge in [0.05, 0.1) is 0 Å². The fourth-order valence-corrected chi connectivity index (χ4v) is 4.06. The fraction of sp³-hybridized carbons (Fsp3) is 0.421. The Labute approximate surface area is 131 Å². The summed E-state index contributed by atoms with van der Waals surface area (Å²) in [6.45, 7) is 4.02. The zero-order chi connectivity index (χ0) is 15.0. The first kappa shape index (κ1) is 13.8. The van der Waals surface area contributed by atoms with E-state index in [9.17, 15) is 4.79 Å². The molecule has 0 bridgehead atoms. The van der Waals surface area contributed by atoms with Crippen LogP contribution in [0.25, 0.3) is 10.8 Å². The number of carbonyl (C=O) groups is 1. The largest absolute Gasteiger partial charge is 0.338 e. The second-order valence-corrected chi connectivity index (χ2v) is 6.75. The lowest BCUT2D eigenvalue weighted by molar-refractivity contribution is 0.0764. The number of carbonyl (C=O) groups excluding carboxylic acids is 1. The second kappa shape index (κ2) is 5.40. The van der Waals surface area contributed by atoms with Crippen molar-refractivity contribution in [2.24, 2.45) is 5.41 Å². The van der Waals surface area contributed by atoms with Crippen molar-refractivity contribution in [1.29, 1.82) is 0 Å². The molecule has 2 aliphatic heterocycles. The van der Waals surface area contributed by atoms with Gasteiger partial charge in [0.2, 0.25) is 0 Å². The van der Waals surface area contributed by atoms with Crippen LogP contribution >= 0.6 is 0 Å². The normalized spacial score (nSPS) is 20.6. The van der Waals surface area contributed by atoms with Crippen molar-refractivity contribution in [1.82, 2.24) is 10.2 Å². The quantitative estimate of drug-likeness (QED) is 0.876. The van der Waals surface area contributed by atoms with E-state index in [4.69, 9.17) is 0 Å². The average molecular weight is 294 g/mol. The van der Waals surface area contributed by atoms with Gasteiger partial charge in [-0.3, -0.25) is 4.79 Å². The summed E-state index contributed by atoms with van der Waals surface area (Å²) in [5.41, 5.74) is 1.22. The van der Waals surface area contributed by atoms with Crippen LogP contribution in [0.2, 0.25) is 0 Å². The Kier molecular flexibility index (Phi) is 3.38. The van der Waals surface area contributed by atoms with Crippen LogP contribution in [0.15, 0.2) is 42.5 Å². The number of rotatable bonds is 1. The summed E-state index contributed by atoms with van der Waals surface area (Å²) in [7, 11) is 0. The minimum Gasteiger partial charge on any atom is -0.338 e. The lowest BCUT2D eigenvalue weighted by Crippen LogP contribution is -2.39. The van der Waals surface area contributed by atoms with Gasteiger partial charge >= 0.3 is 0 Å². The summed E-state index contributed by atoms with van der Waals surface area (Å²) in [5.74, 6) is 0.201. The van der Waals surface area contributed by atoms with Crippen molar-refractivity contribution in [2.45, 2.75) is 19.3 Å². The molecule has 2 saturated heterocycles. The highest BCUT2D eigenvalue weighted by molar-refractivity contribution is 6.07. The Morgan fingerprint density at radius 3 is 2.64 bits per heavy atom. The van der Waals surface area contributed by atoms with Gasteiger partial charge in [0, 0.05) is 18.7 Å². The molecule has 0 saturated carbocycles. The zero-order valence-electron chi connectivity index (χ0n) is 12.8. The van der Waals surface area contributed by atoms with Gasteiger partial charge in [-0.2, -0.15) is 0 Å². The molecule has 2 fully saturated rings. The highest BCUT2D eigenvalue weighted by Crippen LogP contribution is 2.39. The number of nitrogens with one attached hydrogen (secondary N) is 1. The Morgan fingerprint density at radius 1 is 1.00 bits per heavy atom. The first-order valence-electron chi connectivity index (χ1n) is 8.25. The molecule has 0 aromatic heterocycles. The lowest BCUT2D eigenvalue weighted by Gasteiger charge is -2.33. The van der Waals surface area contributed by atoms with E-state index in [1.807, 2.05) is 24.3 Å². The number of nitrogens with zero attached hydrogens (tertiary/aromatic N) is 1. The van der Waals surface area contributed by atoms with E-state index in [-0.39, 0.29) is 5.91 Å². The van der Waals surface area contributed by atoms with Gasteiger partial charge in [-0.25, -0.2) is 0 Å². The molecule has 114 valence electrons. The van der Waals surface area contributed by atoms with Crippen molar-refractivity contribution in [3.8, 4) is 0 Å². The Morgan fingerprint density at radius 2 is 1.77 bits per heavy atom. The standard InChI is InChI=1S/C19H22N2O/c22-18(17-7-3-5-15-4-1-2-6-16(15)17)21-13-10-19(14-21)8-11-20-12-9-19/h1-7,20H,8-14H2. The van der Waals surface area contributed by atoms with Crippen molar-refractivity contribution in [3.05, 3.63) is 48.0 Å². The maximum Gasteiger partial charge on any atom is 0.254 e. The van der Waals surface area contributed by atoms with E-state index in [0.717, 1.165) is 48.9 Å². The number of hydrogen-bond acceptors (Lipinski definition) is 2.